The number of aromatic nitrogens is 2. The second-order valence-corrected chi connectivity index (χ2v) is 9.59. The number of H-pyrrole nitrogens is 1. The Bertz CT molecular complexity index is 1220. The predicted octanol–water partition coefficient (Wildman–Crippen LogP) is 4.17. The van der Waals surface area contributed by atoms with Crippen molar-refractivity contribution in [2.24, 2.45) is 5.92 Å². The van der Waals surface area contributed by atoms with Crippen molar-refractivity contribution in [2.75, 3.05) is 19.5 Å². The molecule has 2 aromatic heterocycles. The number of thioether (sulfide) groups is 1. The number of amides is 1. The number of pyridine rings is 1. The topological polar surface area (TPSA) is 85.4 Å². The maximum atomic E-state index is 13.4. The average molecular weight is 470 g/mol. The summed E-state index contributed by atoms with van der Waals surface area (Å²) in [7, 11) is 0. The lowest BCUT2D eigenvalue weighted by molar-refractivity contribution is -0.214. The minimum absolute atomic E-state index is 0.105. The Morgan fingerprint density at radius 3 is 2.67 bits per heavy atom. The third-order valence-electron chi connectivity index (χ3n) is 6.15. The van der Waals surface area contributed by atoms with E-state index in [1.54, 1.807) is 0 Å². The number of carbonyl (C=O) groups excluding carboxylic acids is 1. The number of fused-ring (bicyclic) bond motifs is 1. The van der Waals surface area contributed by atoms with E-state index in [0.717, 1.165) is 27.2 Å². The summed E-state index contributed by atoms with van der Waals surface area (Å²) < 4.78 is 14.0. The molecular formula is C25H31N3O4S. The molecule has 33 heavy (non-hydrogen) atoms. The summed E-state index contributed by atoms with van der Waals surface area (Å²) >= 11 is 1.50. The number of para-hydroxylation sites is 1. The van der Waals surface area contributed by atoms with Gasteiger partial charge < -0.3 is 24.3 Å². The van der Waals surface area contributed by atoms with E-state index in [0.29, 0.717) is 30.3 Å². The van der Waals surface area contributed by atoms with Crippen LogP contribution in [0.25, 0.3) is 10.9 Å². The van der Waals surface area contributed by atoms with Crippen molar-refractivity contribution >= 4 is 28.6 Å². The van der Waals surface area contributed by atoms with Crippen LogP contribution in [-0.4, -0.2) is 41.2 Å². The lowest BCUT2D eigenvalue weighted by Crippen LogP contribution is -2.36. The third-order valence-corrected chi connectivity index (χ3v) is 6.95. The molecule has 1 amide bonds. The van der Waals surface area contributed by atoms with Crippen molar-refractivity contribution in [3.8, 4) is 0 Å². The summed E-state index contributed by atoms with van der Waals surface area (Å²) in [5, 5.41) is 3.84. The molecule has 1 unspecified atom stereocenters. The van der Waals surface area contributed by atoms with Gasteiger partial charge in [0.25, 0.3) is 11.5 Å². The first-order chi connectivity index (χ1) is 15.8. The molecule has 1 aliphatic heterocycles. The molecule has 1 aromatic carbocycles. The standard InChI is InChI=1S/C25H31N3O4S/c1-14-12-31-25(32-13-14)17(4)28-16(3)22(18-8-6-7-9-20(18)28)24(30)26-11-19-21(33-5)10-15(2)27-23(19)29/h6-10,14,17,25H,11-13H2,1-5H3,(H,26,30)(H,27,29). The summed E-state index contributed by atoms with van der Waals surface area (Å²) in [4.78, 5) is 29.6. The van der Waals surface area contributed by atoms with Crippen LogP contribution in [-0.2, 0) is 16.0 Å². The van der Waals surface area contributed by atoms with Gasteiger partial charge in [-0.3, -0.25) is 9.59 Å². The highest BCUT2D eigenvalue weighted by atomic mass is 32.2. The quantitative estimate of drug-likeness (QED) is 0.530. The molecule has 0 aliphatic carbocycles. The number of carbonyl (C=O) groups is 1. The Morgan fingerprint density at radius 2 is 1.97 bits per heavy atom. The highest BCUT2D eigenvalue weighted by molar-refractivity contribution is 7.98. The van der Waals surface area contributed by atoms with Crippen LogP contribution in [0.5, 0.6) is 0 Å². The summed E-state index contributed by atoms with van der Waals surface area (Å²) in [6.07, 6.45) is 1.55. The van der Waals surface area contributed by atoms with E-state index >= 15 is 0 Å². The van der Waals surface area contributed by atoms with E-state index in [1.165, 1.54) is 11.8 Å². The van der Waals surface area contributed by atoms with Crippen LogP contribution in [0.3, 0.4) is 0 Å². The van der Waals surface area contributed by atoms with Gasteiger partial charge in [0.05, 0.1) is 24.8 Å². The molecule has 7 nitrogen and oxygen atoms in total. The fraction of sp³-hybridized carbons (Fsp3) is 0.440. The van der Waals surface area contributed by atoms with E-state index in [9.17, 15) is 9.59 Å². The highest BCUT2D eigenvalue weighted by Gasteiger charge is 2.30. The van der Waals surface area contributed by atoms with E-state index < -0.39 is 0 Å². The normalized spacial score (nSPS) is 19.5. The van der Waals surface area contributed by atoms with Crippen LogP contribution in [0.2, 0.25) is 0 Å². The van der Waals surface area contributed by atoms with Gasteiger partial charge in [0, 0.05) is 45.2 Å². The molecule has 1 saturated heterocycles. The first-order valence-corrected chi connectivity index (χ1v) is 12.4. The van der Waals surface area contributed by atoms with Gasteiger partial charge in [0.1, 0.15) is 0 Å². The molecule has 0 spiro atoms. The van der Waals surface area contributed by atoms with Crippen LogP contribution in [0.15, 0.2) is 40.0 Å². The monoisotopic (exact) mass is 469 g/mol. The summed E-state index contributed by atoms with van der Waals surface area (Å²) in [6.45, 7) is 9.42. The lowest BCUT2D eigenvalue weighted by atomic mass is 10.1. The Morgan fingerprint density at radius 1 is 1.27 bits per heavy atom. The van der Waals surface area contributed by atoms with Crippen molar-refractivity contribution in [3.63, 3.8) is 0 Å². The molecule has 8 heteroatoms. The van der Waals surface area contributed by atoms with Crippen molar-refractivity contribution in [1.82, 2.24) is 14.9 Å². The van der Waals surface area contributed by atoms with Crippen molar-refractivity contribution < 1.29 is 14.3 Å². The zero-order valence-corrected chi connectivity index (χ0v) is 20.5. The molecule has 1 aliphatic rings. The summed E-state index contributed by atoms with van der Waals surface area (Å²) in [5.41, 5.74) is 3.60. The van der Waals surface area contributed by atoms with Gasteiger partial charge in [-0.1, -0.05) is 25.1 Å². The van der Waals surface area contributed by atoms with Crippen LogP contribution in [0, 0.1) is 19.8 Å². The number of hydrogen-bond donors (Lipinski definition) is 2. The average Bonchev–Trinajstić information content (AvgIpc) is 3.09. The smallest absolute Gasteiger partial charge is 0.254 e. The van der Waals surface area contributed by atoms with Crippen LogP contribution in [0.1, 0.15) is 47.2 Å². The van der Waals surface area contributed by atoms with Gasteiger partial charge in [-0.15, -0.1) is 11.8 Å². The highest BCUT2D eigenvalue weighted by Crippen LogP contribution is 2.32. The van der Waals surface area contributed by atoms with Crippen LogP contribution < -0.4 is 10.9 Å². The minimum Gasteiger partial charge on any atom is -0.350 e. The number of benzene rings is 1. The molecule has 1 fully saturated rings. The molecule has 0 bridgehead atoms. The lowest BCUT2D eigenvalue weighted by Gasteiger charge is -2.33. The number of aromatic amines is 1. The minimum atomic E-state index is -0.373. The van der Waals surface area contributed by atoms with E-state index in [4.69, 9.17) is 9.47 Å². The van der Waals surface area contributed by atoms with E-state index in [1.807, 2.05) is 50.4 Å². The van der Waals surface area contributed by atoms with Crippen LogP contribution >= 0.6 is 11.8 Å². The first kappa shape index (κ1) is 23.6. The largest absolute Gasteiger partial charge is 0.350 e. The van der Waals surface area contributed by atoms with Crippen molar-refractivity contribution in [2.45, 2.75) is 51.5 Å². The van der Waals surface area contributed by atoms with Crippen molar-refractivity contribution in [3.05, 3.63) is 63.2 Å². The van der Waals surface area contributed by atoms with E-state index in [-0.39, 0.29) is 30.3 Å². The van der Waals surface area contributed by atoms with Crippen LogP contribution in [0.4, 0.5) is 0 Å². The van der Waals surface area contributed by atoms with E-state index in [2.05, 4.69) is 28.7 Å². The number of nitrogens with one attached hydrogen (secondary N) is 2. The van der Waals surface area contributed by atoms with Gasteiger partial charge in [-0.2, -0.15) is 0 Å². The molecule has 2 N–H and O–H groups in total. The number of rotatable bonds is 6. The molecule has 176 valence electrons. The first-order valence-electron chi connectivity index (χ1n) is 11.2. The maximum absolute atomic E-state index is 13.4. The summed E-state index contributed by atoms with van der Waals surface area (Å²) in [6, 6.07) is 9.69. The molecule has 3 aromatic rings. The molecule has 1 atom stereocenters. The Labute approximate surface area is 197 Å². The summed E-state index contributed by atoms with van der Waals surface area (Å²) in [5.74, 6) is 0.161. The Hall–Kier alpha value is -2.55. The predicted molar refractivity (Wildman–Crippen MR) is 131 cm³/mol. The molecular weight excluding hydrogens is 438 g/mol. The second-order valence-electron chi connectivity index (χ2n) is 8.74. The molecule has 3 heterocycles. The fourth-order valence-corrected chi connectivity index (χ4v) is 5.22. The Kier molecular flexibility index (Phi) is 6.97. The SMILES string of the molecule is CSc1cc(C)[nH]c(=O)c1CNC(=O)c1c(C)n(C(C)C2OCC(C)CO2)c2ccccc12. The van der Waals surface area contributed by atoms with Crippen molar-refractivity contribution in [1.29, 1.82) is 0 Å². The second kappa shape index (κ2) is 9.75. The number of ether oxygens (including phenoxy) is 2. The number of nitrogens with zero attached hydrogens (tertiary/aromatic N) is 1. The molecule has 0 radical (unpaired) electrons. The fourth-order valence-electron chi connectivity index (χ4n) is 4.51. The van der Waals surface area contributed by atoms with Gasteiger partial charge in [-0.05, 0) is 39.2 Å². The van der Waals surface area contributed by atoms with Gasteiger partial charge in [-0.25, -0.2) is 0 Å². The zero-order chi connectivity index (χ0) is 23.7. The molecule has 4 rings (SSSR count). The van der Waals surface area contributed by atoms with Gasteiger partial charge in [0.15, 0.2) is 6.29 Å². The van der Waals surface area contributed by atoms with Gasteiger partial charge in [0.2, 0.25) is 0 Å². The Balaban J connectivity index is 1.65. The number of hydrogen-bond acceptors (Lipinski definition) is 5. The zero-order valence-electron chi connectivity index (χ0n) is 19.7. The number of aryl methyl sites for hydroxylation is 1. The third kappa shape index (κ3) is 4.60. The maximum Gasteiger partial charge on any atom is 0.254 e. The molecule has 0 saturated carbocycles. The van der Waals surface area contributed by atoms with Gasteiger partial charge >= 0.3 is 0 Å².